The molecule has 1 aliphatic rings. The summed E-state index contributed by atoms with van der Waals surface area (Å²) in [6.45, 7) is -0.363. The lowest BCUT2D eigenvalue weighted by Crippen LogP contribution is -2.45. The zero-order chi connectivity index (χ0) is 30.3. The number of ether oxygens (including phenoxy) is 3. The molecule has 13 heteroatoms. The second-order valence-electron chi connectivity index (χ2n) is 9.71. The third-order valence-electron chi connectivity index (χ3n) is 6.43. The third-order valence-corrected chi connectivity index (χ3v) is 6.43. The smallest absolute Gasteiger partial charge is 0.424 e. The molecule has 0 N–H and O–H groups in total. The highest BCUT2D eigenvalue weighted by molar-refractivity contribution is 6.10. The van der Waals surface area contributed by atoms with Crippen molar-refractivity contribution < 1.29 is 28.6 Å². The molecule has 1 aliphatic heterocycles. The van der Waals surface area contributed by atoms with Crippen LogP contribution in [-0.4, -0.2) is 67.5 Å². The number of fused-ring (bicyclic) bond motifs is 1. The number of methoxy groups -OCH3 is 1. The van der Waals surface area contributed by atoms with Crippen molar-refractivity contribution >= 4 is 59.3 Å². The number of para-hydroxylation sites is 2. The Morgan fingerprint density at radius 1 is 0.886 bits per heavy atom. The quantitative estimate of drug-likeness (QED) is 0.176. The molecule has 0 saturated carbocycles. The maximum absolute atomic E-state index is 14.0. The molecule has 0 atom stereocenters. The van der Waals surface area contributed by atoms with Crippen LogP contribution in [0.1, 0.15) is 5.56 Å². The fraction of sp³-hybridized carbons (Fsp3) is 0.194. The Bertz CT molecular complexity index is 1590. The summed E-state index contributed by atoms with van der Waals surface area (Å²) in [6.07, 6.45) is 0.716. The minimum atomic E-state index is -0.864. The number of hydrogen-bond acceptors (Lipinski definition) is 9. The first-order valence-corrected chi connectivity index (χ1v) is 13.3. The highest BCUT2D eigenvalue weighted by Crippen LogP contribution is 2.37. The largest absolute Gasteiger partial charge is 0.497 e. The van der Waals surface area contributed by atoms with Gasteiger partial charge in [0.1, 0.15) is 5.75 Å². The average Bonchev–Trinajstić information content (AvgIpc) is 3.01. The number of hydrogen-bond donors (Lipinski definition) is 0. The molecule has 0 radical (unpaired) electrons. The van der Waals surface area contributed by atoms with E-state index in [1.54, 1.807) is 104 Å². The first kappa shape index (κ1) is 31.7. The van der Waals surface area contributed by atoms with Gasteiger partial charge in [-0.25, -0.2) is 24.4 Å². The van der Waals surface area contributed by atoms with Gasteiger partial charge in [0.2, 0.25) is 12.7 Å². The Balaban J connectivity index is 0.00000442. The van der Waals surface area contributed by atoms with Crippen molar-refractivity contribution in [1.29, 1.82) is 0 Å². The van der Waals surface area contributed by atoms with Gasteiger partial charge in [0.15, 0.2) is 5.82 Å². The summed E-state index contributed by atoms with van der Waals surface area (Å²) in [5.74, 6) is 0.410. The summed E-state index contributed by atoms with van der Waals surface area (Å²) >= 11 is 0. The fourth-order valence-electron chi connectivity index (χ4n) is 4.42. The van der Waals surface area contributed by atoms with E-state index >= 15 is 0 Å². The van der Waals surface area contributed by atoms with Crippen LogP contribution < -0.4 is 19.4 Å². The van der Waals surface area contributed by atoms with E-state index in [2.05, 4.69) is 4.98 Å². The monoisotopic (exact) mass is 618 g/mol. The topological polar surface area (TPSA) is 118 Å². The number of carbonyl (C=O) groups is 3. The first-order valence-electron chi connectivity index (χ1n) is 13.3. The number of aromatic nitrogens is 2. The van der Waals surface area contributed by atoms with Crippen molar-refractivity contribution in [2.75, 3.05) is 49.2 Å². The molecule has 2 heterocycles. The van der Waals surface area contributed by atoms with E-state index in [0.717, 1.165) is 4.90 Å². The average molecular weight is 619 g/mol. The molecule has 3 aromatic carbocycles. The van der Waals surface area contributed by atoms with Crippen molar-refractivity contribution in [3.63, 3.8) is 0 Å². The number of halogens is 1. The van der Waals surface area contributed by atoms with Crippen molar-refractivity contribution in [1.82, 2.24) is 14.9 Å². The lowest BCUT2D eigenvalue weighted by Gasteiger charge is -2.36. The van der Waals surface area contributed by atoms with Crippen molar-refractivity contribution in [3.05, 3.63) is 96.7 Å². The Labute approximate surface area is 260 Å². The normalized spacial score (nSPS) is 12.2. The summed E-state index contributed by atoms with van der Waals surface area (Å²) < 4.78 is 15.6. The molecule has 0 aliphatic carbocycles. The van der Waals surface area contributed by atoms with Crippen LogP contribution in [0.3, 0.4) is 0 Å². The Hall–Kier alpha value is -5.20. The van der Waals surface area contributed by atoms with Crippen LogP contribution in [0.5, 0.6) is 5.75 Å². The summed E-state index contributed by atoms with van der Waals surface area (Å²) in [4.78, 5) is 54.4. The van der Waals surface area contributed by atoms with Crippen LogP contribution in [0.2, 0.25) is 0 Å². The summed E-state index contributed by atoms with van der Waals surface area (Å²) in [5, 5.41) is 0. The minimum Gasteiger partial charge on any atom is -0.497 e. The zero-order valence-electron chi connectivity index (χ0n) is 24.3. The molecule has 0 saturated heterocycles. The standard InChI is InChI=1S/C31H30N6O6.ClH/c1-34(2)20-27(38)42-21-43-31(40)37(25-12-8-5-9-13-25)29-32-18-22-19-35(23-14-16-26(41-3)17-15-23)30(39)36(28(22)33-29)24-10-6-4-7-11-24;/h4-18H,19-21H2,1-3H3;1H. The number of rotatable bonds is 9. The van der Waals surface area contributed by atoms with Gasteiger partial charge in [0, 0.05) is 17.4 Å². The molecule has 0 spiro atoms. The Kier molecular flexibility index (Phi) is 10.3. The van der Waals surface area contributed by atoms with E-state index in [0.29, 0.717) is 34.2 Å². The number of esters is 1. The molecular formula is C31H31ClN6O6. The van der Waals surface area contributed by atoms with Gasteiger partial charge >= 0.3 is 18.1 Å². The van der Waals surface area contributed by atoms with Crippen molar-refractivity contribution in [2.24, 2.45) is 0 Å². The minimum absolute atomic E-state index is 0. The second kappa shape index (κ2) is 14.3. The summed E-state index contributed by atoms with van der Waals surface area (Å²) in [6, 6.07) is 24.6. The fourth-order valence-corrected chi connectivity index (χ4v) is 4.42. The van der Waals surface area contributed by atoms with E-state index in [1.165, 1.54) is 4.90 Å². The predicted octanol–water partition coefficient (Wildman–Crippen LogP) is 5.52. The lowest BCUT2D eigenvalue weighted by molar-refractivity contribution is -0.152. The number of amides is 3. The zero-order valence-corrected chi connectivity index (χ0v) is 25.1. The second-order valence-corrected chi connectivity index (χ2v) is 9.71. The highest BCUT2D eigenvalue weighted by Gasteiger charge is 2.35. The van der Waals surface area contributed by atoms with Gasteiger partial charge in [-0.05, 0) is 62.6 Å². The van der Waals surface area contributed by atoms with Gasteiger partial charge < -0.3 is 14.2 Å². The number of nitrogens with zero attached hydrogens (tertiary/aromatic N) is 6. The van der Waals surface area contributed by atoms with E-state index in [4.69, 9.17) is 19.2 Å². The molecule has 44 heavy (non-hydrogen) atoms. The highest BCUT2D eigenvalue weighted by atomic mass is 35.5. The number of benzene rings is 3. The Morgan fingerprint density at radius 3 is 2.18 bits per heavy atom. The van der Waals surface area contributed by atoms with E-state index in [-0.39, 0.29) is 37.5 Å². The van der Waals surface area contributed by atoms with Crippen molar-refractivity contribution in [2.45, 2.75) is 6.54 Å². The molecule has 228 valence electrons. The molecule has 0 fully saturated rings. The SMILES string of the molecule is COc1ccc(N2Cc3cnc(N(C(=O)OCOC(=O)CN(C)C)c4ccccc4)nc3N(c3ccccc3)C2=O)cc1.Cl. The molecule has 3 amide bonds. The van der Waals surface area contributed by atoms with Crippen LogP contribution in [0.4, 0.5) is 38.4 Å². The first-order chi connectivity index (χ1) is 20.9. The van der Waals surface area contributed by atoms with E-state index in [1.807, 2.05) is 18.2 Å². The Morgan fingerprint density at radius 2 is 1.55 bits per heavy atom. The number of anilines is 5. The van der Waals surface area contributed by atoms with Crippen molar-refractivity contribution in [3.8, 4) is 5.75 Å². The molecule has 0 bridgehead atoms. The van der Waals surface area contributed by atoms with Crippen LogP contribution in [0.25, 0.3) is 0 Å². The van der Waals surface area contributed by atoms with E-state index < -0.39 is 18.9 Å². The number of carbonyl (C=O) groups excluding carboxylic acids is 3. The van der Waals surface area contributed by atoms with Gasteiger partial charge in [0.05, 0.1) is 31.6 Å². The predicted molar refractivity (Wildman–Crippen MR) is 167 cm³/mol. The number of likely N-dealkylation sites (N-methyl/N-ethyl adjacent to an activating group) is 1. The maximum atomic E-state index is 14.0. The number of urea groups is 1. The van der Waals surface area contributed by atoms with Gasteiger partial charge in [-0.15, -0.1) is 12.4 Å². The van der Waals surface area contributed by atoms with Gasteiger partial charge in [-0.1, -0.05) is 36.4 Å². The molecule has 1 aromatic heterocycles. The molecular weight excluding hydrogens is 588 g/mol. The lowest BCUT2D eigenvalue weighted by atomic mass is 10.1. The van der Waals surface area contributed by atoms with Gasteiger partial charge in [-0.2, -0.15) is 4.98 Å². The van der Waals surface area contributed by atoms with Gasteiger partial charge in [-0.3, -0.25) is 14.6 Å². The summed E-state index contributed by atoms with van der Waals surface area (Å²) in [7, 11) is 5.02. The van der Waals surface area contributed by atoms with Crippen LogP contribution >= 0.6 is 12.4 Å². The maximum Gasteiger partial charge on any atom is 0.424 e. The van der Waals surface area contributed by atoms with Crippen LogP contribution in [0, 0.1) is 0 Å². The molecule has 5 rings (SSSR count). The molecule has 12 nitrogen and oxygen atoms in total. The van der Waals surface area contributed by atoms with Gasteiger partial charge in [0.25, 0.3) is 0 Å². The third kappa shape index (κ3) is 7.05. The van der Waals surface area contributed by atoms with Crippen LogP contribution in [-0.2, 0) is 20.8 Å². The molecule has 4 aromatic rings. The molecule has 0 unspecified atom stereocenters. The summed E-state index contributed by atoms with van der Waals surface area (Å²) in [5.41, 5.74) is 2.32. The van der Waals surface area contributed by atoms with Crippen LogP contribution in [0.15, 0.2) is 91.1 Å². The van der Waals surface area contributed by atoms with E-state index in [9.17, 15) is 14.4 Å².